The minimum absolute atomic E-state index is 0.0676. The number of carboxylic acids is 1. The number of rotatable bonds is 7. The molecule has 1 rings (SSSR count). The molecular formula is C13H19NO4S. The van der Waals surface area contributed by atoms with E-state index in [2.05, 4.69) is 4.72 Å². The lowest BCUT2D eigenvalue weighted by molar-refractivity contribution is 0.0696. The molecule has 106 valence electrons. The smallest absolute Gasteiger partial charge is 0.335 e. The van der Waals surface area contributed by atoms with Crippen molar-refractivity contribution in [3.8, 4) is 0 Å². The molecule has 0 amide bonds. The maximum absolute atomic E-state index is 12.0. The van der Waals surface area contributed by atoms with Crippen molar-refractivity contribution in [3.63, 3.8) is 0 Å². The second-order valence-corrected chi connectivity index (χ2v) is 6.21. The van der Waals surface area contributed by atoms with E-state index < -0.39 is 16.0 Å². The molecule has 0 fully saturated rings. The van der Waals surface area contributed by atoms with Crippen LogP contribution in [0.4, 0.5) is 0 Å². The maximum atomic E-state index is 12.0. The van der Waals surface area contributed by atoms with Crippen molar-refractivity contribution < 1.29 is 18.3 Å². The standard InChI is InChI=1S/C13H19NO4S/c1-3-4-5-10(2)14-19(17,18)12-8-6-11(7-9-12)13(15)16/h6-10,14H,3-5H2,1-2H3,(H,15,16). The van der Waals surface area contributed by atoms with Gasteiger partial charge in [0, 0.05) is 6.04 Å². The van der Waals surface area contributed by atoms with Crippen molar-refractivity contribution in [2.24, 2.45) is 0 Å². The fraction of sp³-hybridized carbons (Fsp3) is 0.462. The summed E-state index contributed by atoms with van der Waals surface area (Å²) in [4.78, 5) is 10.8. The van der Waals surface area contributed by atoms with Crippen LogP contribution in [0.1, 0.15) is 43.5 Å². The monoisotopic (exact) mass is 285 g/mol. The Morgan fingerprint density at radius 3 is 2.37 bits per heavy atom. The first-order valence-corrected chi connectivity index (χ1v) is 7.71. The Kier molecular flexibility index (Phi) is 5.50. The third-order valence-corrected chi connectivity index (χ3v) is 4.36. The van der Waals surface area contributed by atoms with Crippen molar-refractivity contribution in [1.29, 1.82) is 0 Å². The lowest BCUT2D eigenvalue weighted by Crippen LogP contribution is -2.32. The van der Waals surface area contributed by atoms with E-state index >= 15 is 0 Å². The molecule has 0 heterocycles. The van der Waals surface area contributed by atoms with Crippen LogP contribution in [0, 0.1) is 0 Å². The Labute approximate surface area is 113 Å². The Balaban J connectivity index is 2.79. The van der Waals surface area contributed by atoms with Gasteiger partial charge in [-0.25, -0.2) is 17.9 Å². The van der Waals surface area contributed by atoms with Crippen molar-refractivity contribution in [2.75, 3.05) is 0 Å². The number of carboxylic acid groups (broad SMARTS) is 1. The summed E-state index contributed by atoms with van der Waals surface area (Å²) in [6.07, 6.45) is 2.75. The van der Waals surface area contributed by atoms with Crippen LogP contribution in [0.25, 0.3) is 0 Å². The van der Waals surface area contributed by atoms with Crippen LogP contribution in [-0.4, -0.2) is 25.5 Å². The Bertz CT molecular complexity index is 522. The predicted octanol–water partition coefficient (Wildman–Crippen LogP) is 2.24. The molecule has 0 bridgehead atoms. The number of carbonyl (C=O) groups is 1. The number of sulfonamides is 1. The van der Waals surface area contributed by atoms with E-state index in [0.717, 1.165) is 19.3 Å². The van der Waals surface area contributed by atoms with E-state index in [1.165, 1.54) is 24.3 Å². The molecule has 6 heteroatoms. The van der Waals surface area contributed by atoms with E-state index in [1.807, 2.05) is 13.8 Å². The quantitative estimate of drug-likeness (QED) is 0.804. The molecule has 0 saturated heterocycles. The Morgan fingerprint density at radius 1 is 1.32 bits per heavy atom. The zero-order valence-corrected chi connectivity index (χ0v) is 11.9. The molecule has 0 aromatic heterocycles. The van der Waals surface area contributed by atoms with Crippen molar-refractivity contribution in [1.82, 2.24) is 4.72 Å². The molecule has 0 aliphatic carbocycles. The number of hydrogen-bond acceptors (Lipinski definition) is 3. The first-order valence-electron chi connectivity index (χ1n) is 6.22. The van der Waals surface area contributed by atoms with Gasteiger partial charge in [-0.05, 0) is 37.6 Å². The van der Waals surface area contributed by atoms with Crippen LogP contribution in [-0.2, 0) is 10.0 Å². The van der Waals surface area contributed by atoms with Crippen LogP contribution in [0.5, 0.6) is 0 Å². The van der Waals surface area contributed by atoms with Crippen LogP contribution >= 0.6 is 0 Å². The van der Waals surface area contributed by atoms with Crippen molar-refractivity contribution >= 4 is 16.0 Å². The van der Waals surface area contributed by atoms with Crippen molar-refractivity contribution in [2.45, 2.75) is 44.0 Å². The highest BCUT2D eigenvalue weighted by molar-refractivity contribution is 7.89. The molecule has 0 saturated carbocycles. The molecule has 0 spiro atoms. The van der Waals surface area contributed by atoms with E-state index in [0.29, 0.717) is 0 Å². The summed E-state index contributed by atoms with van der Waals surface area (Å²) in [6.45, 7) is 3.87. The lowest BCUT2D eigenvalue weighted by atomic mass is 10.2. The first-order chi connectivity index (χ1) is 8.86. The summed E-state index contributed by atoms with van der Waals surface area (Å²) in [5.41, 5.74) is 0.0676. The molecule has 1 aromatic carbocycles. The molecule has 2 N–H and O–H groups in total. The Hall–Kier alpha value is -1.40. The second-order valence-electron chi connectivity index (χ2n) is 4.49. The van der Waals surface area contributed by atoms with E-state index in [9.17, 15) is 13.2 Å². The average Bonchev–Trinajstić information content (AvgIpc) is 2.36. The van der Waals surface area contributed by atoms with Gasteiger partial charge in [0.15, 0.2) is 0 Å². The average molecular weight is 285 g/mol. The molecule has 19 heavy (non-hydrogen) atoms. The predicted molar refractivity (Wildman–Crippen MR) is 72.7 cm³/mol. The van der Waals surface area contributed by atoms with Gasteiger partial charge < -0.3 is 5.11 Å². The SMILES string of the molecule is CCCCC(C)NS(=O)(=O)c1ccc(C(=O)O)cc1. The third-order valence-electron chi connectivity index (χ3n) is 2.76. The molecule has 0 aliphatic heterocycles. The number of nitrogens with one attached hydrogen (secondary N) is 1. The maximum Gasteiger partial charge on any atom is 0.335 e. The molecule has 0 aliphatic rings. The van der Waals surface area contributed by atoms with Gasteiger partial charge in [-0.3, -0.25) is 0 Å². The first kappa shape index (κ1) is 15.7. The van der Waals surface area contributed by atoms with E-state index in [-0.39, 0.29) is 16.5 Å². The fourth-order valence-corrected chi connectivity index (χ4v) is 2.96. The van der Waals surface area contributed by atoms with Crippen molar-refractivity contribution in [3.05, 3.63) is 29.8 Å². The Morgan fingerprint density at radius 2 is 1.89 bits per heavy atom. The number of hydrogen-bond donors (Lipinski definition) is 2. The van der Waals surface area contributed by atoms with Crippen LogP contribution in [0.2, 0.25) is 0 Å². The summed E-state index contributed by atoms with van der Waals surface area (Å²) in [7, 11) is -3.58. The summed E-state index contributed by atoms with van der Waals surface area (Å²) in [5, 5.41) is 8.76. The fourth-order valence-electron chi connectivity index (χ4n) is 1.68. The van der Waals surface area contributed by atoms with Gasteiger partial charge in [-0.15, -0.1) is 0 Å². The summed E-state index contributed by atoms with van der Waals surface area (Å²) in [5.74, 6) is -1.08. The van der Waals surface area contributed by atoms with Gasteiger partial charge in [-0.2, -0.15) is 0 Å². The largest absolute Gasteiger partial charge is 0.478 e. The summed E-state index contributed by atoms with van der Waals surface area (Å²) >= 11 is 0. The number of benzene rings is 1. The molecule has 1 aromatic rings. The molecule has 0 radical (unpaired) electrons. The minimum atomic E-state index is -3.58. The number of aromatic carboxylic acids is 1. The summed E-state index contributed by atoms with van der Waals surface area (Å²) < 4.78 is 26.6. The zero-order valence-electron chi connectivity index (χ0n) is 11.1. The minimum Gasteiger partial charge on any atom is -0.478 e. The number of unbranched alkanes of at least 4 members (excludes halogenated alkanes) is 1. The highest BCUT2D eigenvalue weighted by Crippen LogP contribution is 2.12. The third kappa shape index (κ3) is 4.65. The van der Waals surface area contributed by atoms with Gasteiger partial charge in [0.2, 0.25) is 10.0 Å². The van der Waals surface area contributed by atoms with Gasteiger partial charge in [0.25, 0.3) is 0 Å². The molecular weight excluding hydrogens is 266 g/mol. The van der Waals surface area contributed by atoms with Crippen LogP contribution in [0.3, 0.4) is 0 Å². The normalized spacial score (nSPS) is 13.2. The van der Waals surface area contributed by atoms with Gasteiger partial charge in [-0.1, -0.05) is 19.8 Å². The molecule has 1 atom stereocenters. The van der Waals surface area contributed by atoms with Gasteiger partial charge >= 0.3 is 5.97 Å². The highest BCUT2D eigenvalue weighted by Gasteiger charge is 2.17. The van der Waals surface area contributed by atoms with Gasteiger partial charge in [0.1, 0.15) is 0 Å². The van der Waals surface area contributed by atoms with E-state index in [4.69, 9.17) is 5.11 Å². The zero-order chi connectivity index (χ0) is 14.5. The van der Waals surface area contributed by atoms with Crippen LogP contribution < -0.4 is 4.72 Å². The van der Waals surface area contributed by atoms with Gasteiger partial charge in [0.05, 0.1) is 10.5 Å². The topological polar surface area (TPSA) is 83.5 Å². The summed E-state index contributed by atoms with van der Waals surface area (Å²) in [6, 6.07) is 5.04. The van der Waals surface area contributed by atoms with E-state index in [1.54, 1.807) is 0 Å². The highest BCUT2D eigenvalue weighted by atomic mass is 32.2. The molecule has 1 unspecified atom stereocenters. The lowest BCUT2D eigenvalue weighted by Gasteiger charge is -2.13. The second kappa shape index (κ2) is 6.68. The molecule has 5 nitrogen and oxygen atoms in total. The van der Waals surface area contributed by atoms with Crippen LogP contribution in [0.15, 0.2) is 29.2 Å².